The second-order valence-electron chi connectivity index (χ2n) is 6.10. The first-order valence-electron chi connectivity index (χ1n) is 9.13. The van der Waals surface area contributed by atoms with Crippen LogP contribution < -0.4 is 0 Å². The molecular formula is C22H31BrO. The fraction of sp³-hybridized carbons (Fsp3) is 0.455. The van der Waals surface area contributed by atoms with Crippen LogP contribution in [0, 0.1) is 0 Å². The quantitative estimate of drug-likeness (QED) is 0.517. The Kier molecular flexibility index (Phi) is 10.5. The second-order valence-corrected chi connectivity index (χ2v) is 7.01. The summed E-state index contributed by atoms with van der Waals surface area (Å²) in [6, 6.07) is 8.84. The van der Waals surface area contributed by atoms with Crippen molar-refractivity contribution in [3.63, 3.8) is 0 Å². The highest BCUT2D eigenvalue weighted by molar-refractivity contribution is 9.10. The first-order chi connectivity index (χ1) is 11.6. The van der Waals surface area contributed by atoms with E-state index in [9.17, 15) is 0 Å². The van der Waals surface area contributed by atoms with Gasteiger partial charge in [0.25, 0.3) is 0 Å². The van der Waals surface area contributed by atoms with Crippen molar-refractivity contribution in [2.75, 3.05) is 0 Å². The molecule has 1 fully saturated rings. The Morgan fingerprint density at radius 3 is 2.21 bits per heavy atom. The predicted octanol–water partition coefficient (Wildman–Crippen LogP) is 7.86. The van der Waals surface area contributed by atoms with Gasteiger partial charge >= 0.3 is 0 Å². The summed E-state index contributed by atoms with van der Waals surface area (Å²) >= 11 is 3.47. The standard InChI is InChI=1S/C12H15Br.C8H10O.C2H6/c13-12-8-6-11(7-9-12)10-4-2-1-3-5-10;1-7-3-2-4-8(9)6-5-7;1-2/h6-10H,1-5H2;2,4-6,9H,3H2,1H3;1-2H3. The third kappa shape index (κ3) is 8.01. The zero-order valence-corrected chi connectivity index (χ0v) is 16.8. The Balaban J connectivity index is 0.000000230. The predicted molar refractivity (Wildman–Crippen MR) is 110 cm³/mol. The van der Waals surface area contributed by atoms with E-state index >= 15 is 0 Å². The van der Waals surface area contributed by atoms with Gasteiger partial charge in [-0.25, -0.2) is 0 Å². The van der Waals surface area contributed by atoms with Gasteiger partial charge in [0.2, 0.25) is 0 Å². The molecule has 1 aromatic carbocycles. The molecule has 0 heterocycles. The van der Waals surface area contributed by atoms with Gasteiger partial charge < -0.3 is 5.11 Å². The normalized spacial score (nSPS) is 17.3. The third-order valence-corrected chi connectivity index (χ3v) is 4.74. The minimum atomic E-state index is 0.340. The van der Waals surface area contributed by atoms with Crippen molar-refractivity contribution in [1.82, 2.24) is 0 Å². The Morgan fingerprint density at radius 2 is 1.58 bits per heavy atom. The van der Waals surface area contributed by atoms with Crippen LogP contribution in [0.25, 0.3) is 0 Å². The lowest BCUT2D eigenvalue weighted by Gasteiger charge is -2.21. The molecule has 2 aliphatic rings. The van der Waals surface area contributed by atoms with Crippen LogP contribution in [0.1, 0.15) is 70.8 Å². The smallest absolute Gasteiger partial charge is 0.115 e. The number of rotatable bonds is 1. The molecule has 0 bridgehead atoms. The summed E-state index contributed by atoms with van der Waals surface area (Å²) in [5, 5.41) is 8.94. The highest BCUT2D eigenvalue weighted by atomic mass is 79.9. The fourth-order valence-corrected chi connectivity index (χ4v) is 3.15. The van der Waals surface area contributed by atoms with Gasteiger partial charge in [-0.2, -0.15) is 0 Å². The van der Waals surface area contributed by atoms with Gasteiger partial charge in [-0.15, -0.1) is 0 Å². The molecule has 0 radical (unpaired) electrons. The van der Waals surface area contributed by atoms with Gasteiger partial charge in [0.1, 0.15) is 5.76 Å². The molecule has 0 amide bonds. The molecule has 1 N–H and O–H groups in total. The molecule has 0 aliphatic heterocycles. The molecule has 2 aliphatic carbocycles. The van der Waals surface area contributed by atoms with Crippen molar-refractivity contribution in [1.29, 1.82) is 0 Å². The van der Waals surface area contributed by atoms with E-state index in [2.05, 4.69) is 40.2 Å². The summed E-state index contributed by atoms with van der Waals surface area (Å²) in [5.41, 5.74) is 2.80. The Labute approximate surface area is 156 Å². The molecule has 2 heteroatoms. The van der Waals surface area contributed by atoms with E-state index in [0.717, 1.165) is 12.3 Å². The third-order valence-electron chi connectivity index (χ3n) is 4.21. The van der Waals surface area contributed by atoms with Crippen LogP contribution in [0.3, 0.4) is 0 Å². The summed E-state index contributed by atoms with van der Waals surface area (Å²) in [6.07, 6.45) is 15.3. The number of halogens is 1. The van der Waals surface area contributed by atoms with E-state index in [1.165, 1.54) is 47.7 Å². The average Bonchev–Trinajstić information content (AvgIpc) is 2.82. The maximum atomic E-state index is 8.94. The molecule has 1 nitrogen and oxygen atoms in total. The van der Waals surface area contributed by atoms with Crippen LogP contribution in [-0.2, 0) is 0 Å². The van der Waals surface area contributed by atoms with Crippen molar-refractivity contribution < 1.29 is 5.11 Å². The molecule has 1 aromatic rings. The van der Waals surface area contributed by atoms with Crippen molar-refractivity contribution in [3.8, 4) is 0 Å². The van der Waals surface area contributed by atoms with Crippen molar-refractivity contribution in [2.45, 2.75) is 65.2 Å². The number of benzene rings is 1. The topological polar surface area (TPSA) is 20.2 Å². The molecule has 132 valence electrons. The molecule has 0 saturated heterocycles. The fourth-order valence-electron chi connectivity index (χ4n) is 2.89. The Bertz CT molecular complexity index is 546. The van der Waals surface area contributed by atoms with Gasteiger partial charge in [-0.1, -0.05) is 78.9 Å². The summed E-state index contributed by atoms with van der Waals surface area (Å²) in [7, 11) is 0. The largest absolute Gasteiger partial charge is 0.508 e. The maximum Gasteiger partial charge on any atom is 0.115 e. The number of aliphatic hydroxyl groups is 1. The number of aliphatic hydroxyl groups excluding tert-OH is 1. The number of hydrogen-bond acceptors (Lipinski definition) is 1. The van der Waals surface area contributed by atoms with Gasteiger partial charge in [0.05, 0.1) is 0 Å². The van der Waals surface area contributed by atoms with Crippen molar-refractivity contribution in [2.24, 2.45) is 0 Å². The van der Waals surface area contributed by atoms with Gasteiger partial charge in [0, 0.05) is 4.47 Å². The Morgan fingerprint density at radius 1 is 0.958 bits per heavy atom. The first kappa shape index (κ1) is 20.8. The van der Waals surface area contributed by atoms with Crippen molar-refractivity contribution >= 4 is 15.9 Å². The van der Waals surface area contributed by atoms with Crippen LogP contribution in [0.5, 0.6) is 0 Å². The van der Waals surface area contributed by atoms with Gasteiger partial charge in [-0.05, 0) is 62.0 Å². The van der Waals surface area contributed by atoms with Crippen LogP contribution in [0.2, 0.25) is 0 Å². The summed E-state index contributed by atoms with van der Waals surface area (Å²) in [5.74, 6) is 1.17. The second kappa shape index (κ2) is 12.1. The van der Waals surface area contributed by atoms with Crippen LogP contribution in [0.4, 0.5) is 0 Å². The van der Waals surface area contributed by atoms with E-state index in [-0.39, 0.29) is 0 Å². The lowest BCUT2D eigenvalue weighted by atomic mass is 9.84. The highest BCUT2D eigenvalue weighted by Gasteiger charge is 2.14. The average molecular weight is 391 g/mol. The number of hydrogen-bond donors (Lipinski definition) is 1. The van der Waals surface area contributed by atoms with Crippen LogP contribution >= 0.6 is 15.9 Å². The molecule has 0 spiro atoms. The minimum Gasteiger partial charge on any atom is -0.508 e. The van der Waals surface area contributed by atoms with E-state index < -0.39 is 0 Å². The molecular weight excluding hydrogens is 360 g/mol. The van der Waals surface area contributed by atoms with Crippen LogP contribution in [-0.4, -0.2) is 5.11 Å². The zero-order valence-electron chi connectivity index (χ0n) is 15.3. The van der Waals surface area contributed by atoms with Crippen LogP contribution in [0.15, 0.2) is 64.4 Å². The van der Waals surface area contributed by atoms with E-state index in [1.54, 1.807) is 12.2 Å². The number of allylic oxidation sites excluding steroid dienone is 5. The molecule has 0 aromatic heterocycles. The summed E-state index contributed by atoms with van der Waals surface area (Å²) in [6.45, 7) is 6.04. The molecule has 3 rings (SSSR count). The lowest BCUT2D eigenvalue weighted by molar-refractivity contribution is 0.432. The van der Waals surface area contributed by atoms with E-state index in [4.69, 9.17) is 5.11 Å². The maximum absolute atomic E-state index is 8.94. The molecule has 24 heavy (non-hydrogen) atoms. The highest BCUT2D eigenvalue weighted by Crippen LogP contribution is 2.32. The van der Waals surface area contributed by atoms with Gasteiger partial charge in [-0.3, -0.25) is 0 Å². The van der Waals surface area contributed by atoms with Crippen molar-refractivity contribution in [3.05, 3.63) is 69.9 Å². The SMILES string of the molecule is Brc1ccc(C2CCCCC2)cc1.CC.CC1=CC=C(O)C=CC1. The van der Waals surface area contributed by atoms with E-state index in [0.29, 0.717) is 5.76 Å². The molecule has 1 saturated carbocycles. The first-order valence-corrected chi connectivity index (χ1v) is 9.93. The van der Waals surface area contributed by atoms with E-state index in [1.807, 2.05) is 32.9 Å². The van der Waals surface area contributed by atoms with Gasteiger partial charge in [0.15, 0.2) is 0 Å². The minimum absolute atomic E-state index is 0.340. The molecule has 0 atom stereocenters. The lowest BCUT2D eigenvalue weighted by Crippen LogP contribution is -2.03. The monoisotopic (exact) mass is 390 g/mol. The molecule has 0 unspecified atom stereocenters. The zero-order chi connectivity index (χ0) is 17.8. The summed E-state index contributed by atoms with van der Waals surface area (Å²) < 4.78 is 1.19. The summed E-state index contributed by atoms with van der Waals surface area (Å²) in [4.78, 5) is 0. The Hall–Kier alpha value is -1.28.